The lowest BCUT2D eigenvalue weighted by Crippen LogP contribution is -2.03. The molecule has 0 radical (unpaired) electrons. The summed E-state index contributed by atoms with van der Waals surface area (Å²) < 4.78 is 1.97. The van der Waals surface area contributed by atoms with Crippen molar-refractivity contribution in [2.45, 2.75) is 6.92 Å². The van der Waals surface area contributed by atoms with Gasteiger partial charge in [0.05, 0.1) is 11.5 Å². The lowest BCUT2D eigenvalue weighted by molar-refractivity contribution is 1.43. The van der Waals surface area contributed by atoms with Crippen molar-refractivity contribution in [1.82, 2.24) is 0 Å². The molecular weight excluding hydrogens is 284 g/mol. The maximum atomic E-state index is 5.44. The van der Waals surface area contributed by atoms with Crippen LogP contribution in [0.2, 0.25) is 0 Å². The molecule has 2 N–H and O–H groups in total. The molecule has 0 heterocycles. The maximum absolute atomic E-state index is 5.44. The van der Waals surface area contributed by atoms with Gasteiger partial charge < -0.3 is 5.73 Å². The van der Waals surface area contributed by atoms with Crippen LogP contribution in [0.4, 0.5) is 5.69 Å². The number of nitrogens with zero attached hydrogens (tertiary/aromatic N) is 1. The molecular formula is C8H8Br2N2. The van der Waals surface area contributed by atoms with Crippen LogP contribution in [0, 0.1) is 0 Å². The van der Waals surface area contributed by atoms with Crippen LogP contribution < -0.4 is 5.73 Å². The number of benzene rings is 1. The average Bonchev–Trinajstić information content (AvgIpc) is 1.81. The van der Waals surface area contributed by atoms with Crippen LogP contribution in [-0.2, 0) is 0 Å². The first kappa shape index (κ1) is 9.74. The van der Waals surface area contributed by atoms with E-state index in [-0.39, 0.29) is 0 Å². The zero-order chi connectivity index (χ0) is 9.14. The zero-order valence-corrected chi connectivity index (χ0v) is 9.68. The summed E-state index contributed by atoms with van der Waals surface area (Å²) in [7, 11) is 0. The number of aliphatic imine (C=N–C) groups is 1. The average molecular weight is 292 g/mol. The van der Waals surface area contributed by atoms with Gasteiger partial charge in [-0.05, 0) is 25.1 Å². The van der Waals surface area contributed by atoms with E-state index in [0.29, 0.717) is 5.84 Å². The molecule has 1 aromatic carbocycles. The van der Waals surface area contributed by atoms with Crippen LogP contribution >= 0.6 is 31.9 Å². The van der Waals surface area contributed by atoms with Gasteiger partial charge in [-0.3, -0.25) is 0 Å². The number of rotatable bonds is 1. The van der Waals surface area contributed by atoms with E-state index in [4.69, 9.17) is 5.73 Å². The fourth-order valence-corrected chi connectivity index (χ4v) is 2.08. The molecule has 64 valence electrons. The second kappa shape index (κ2) is 4.05. The first-order valence-electron chi connectivity index (χ1n) is 3.35. The standard InChI is InChI=1S/C8H8Br2N2/c1-5(11)12-8-3-6(9)2-7(10)4-8/h2-4H,1H3,(H2,11,12). The van der Waals surface area contributed by atoms with Gasteiger partial charge in [0.1, 0.15) is 0 Å². The highest BCUT2D eigenvalue weighted by Gasteiger charge is 1.95. The van der Waals surface area contributed by atoms with Crippen LogP contribution in [0.3, 0.4) is 0 Å². The minimum atomic E-state index is 0.556. The first-order valence-corrected chi connectivity index (χ1v) is 4.93. The molecule has 12 heavy (non-hydrogen) atoms. The summed E-state index contributed by atoms with van der Waals surface area (Å²) in [4.78, 5) is 4.12. The molecule has 0 aliphatic rings. The minimum Gasteiger partial charge on any atom is -0.387 e. The van der Waals surface area contributed by atoms with Crippen molar-refractivity contribution in [3.63, 3.8) is 0 Å². The Labute approximate surface area is 88.1 Å². The van der Waals surface area contributed by atoms with E-state index >= 15 is 0 Å². The Bertz CT molecular complexity index is 297. The van der Waals surface area contributed by atoms with Gasteiger partial charge in [-0.2, -0.15) is 0 Å². The molecule has 0 atom stereocenters. The number of hydrogen-bond acceptors (Lipinski definition) is 1. The SMILES string of the molecule is CC(N)=Nc1cc(Br)cc(Br)c1. The number of amidine groups is 1. The summed E-state index contributed by atoms with van der Waals surface area (Å²) in [6.07, 6.45) is 0. The van der Waals surface area contributed by atoms with Crippen molar-refractivity contribution in [3.8, 4) is 0 Å². The molecule has 4 heteroatoms. The largest absolute Gasteiger partial charge is 0.387 e. The summed E-state index contributed by atoms with van der Waals surface area (Å²) >= 11 is 6.73. The van der Waals surface area contributed by atoms with Gasteiger partial charge in [0.2, 0.25) is 0 Å². The Morgan fingerprint density at radius 1 is 1.25 bits per heavy atom. The third-order valence-corrected chi connectivity index (χ3v) is 2.07. The van der Waals surface area contributed by atoms with Gasteiger partial charge in [0, 0.05) is 8.95 Å². The third kappa shape index (κ3) is 2.95. The van der Waals surface area contributed by atoms with E-state index in [1.165, 1.54) is 0 Å². The highest BCUT2D eigenvalue weighted by atomic mass is 79.9. The Morgan fingerprint density at radius 2 is 1.75 bits per heavy atom. The lowest BCUT2D eigenvalue weighted by atomic mass is 10.3. The fraction of sp³-hybridized carbons (Fsp3) is 0.125. The van der Waals surface area contributed by atoms with E-state index in [9.17, 15) is 0 Å². The molecule has 0 saturated carbocycles. The normalized spacial score (nSPS) is 11.8. The predicted molar refractivity (Wildman–Crippen MR) is 58.8 cm³/mol. The van der Waals surface area contributed by atoms with Crippen molar-refractivity contribution in [3.05, 3.63) is 27.1 Å². The van der Waals surface area contributed by atoms with E-state index in [0.717, 1.165) is 14.6 Å². The minimum absolute atomic E-state index is 0.556. The van der Waals surface area contributed by atoms with Crippen molar-refractivity contribution in [2.24, 2.45) is 10.7 Å². The summed E-state index contributed by atoms with van der Waals surface area (Å²) in [5, 5.41) is 0. The molecule has 1 aromatic rings. The van der Waals surface area contributed by atoms with Crippen LogP contribution in [0.5, 0.6) is 0 Å². The second-order valence-electron chi connectivity index (χ2n) is 2.38. The van der Waals surface area contributed by atoms with Crippen LogP contribution in [0.15, 0.2) is 32.1 Å². The molecule has 0 aliphatic heterocycles. The van der Waals surface area contributed by atoms with Gasteiger partial charge in [-0.1, -0.05) is 31.9 Å². The highest BCUT2D eigenvalue weighted by molar-refractivity contribution is 9.11. The number of halogens is 2. The van der Waals surface area contributed by atoms with Crippen molar-refractivity contribution >= 4 is 43.4 Å². The van der Waals surface area contributed by atoms with E-state index in [1.807, 2.05) is 18.2 Å². The molecule has 0 saturated heterocycles. The van der Waals surface area contributed by atoms with Crippen molar-refractivity contribution < 1.29 is 0 Å². The molecule has 2 nitrogen and oxygen atoms in total. The zero-order valence-electron chi connectivity index (χ0n) is 6.51. The van der Waals surface area contributed by atoms with Crippen LogP contribution in [0.1, 0.15) is 6.92 Å². The molecule has 0 bridgehead atoms. The summed E-state index contributed by atoms with van der Waals surface area (Å²) in [5.41, 5.74) is 6.29. The van der Waals surface area contributed by atoms with Crippen LogP contribution in [0.25, 0.3) is 0 Å². The maximum Gasteiger partial charge on any atom is 0.0964 e. The van der Waals surface area contributed by atoms with Crippen molar-refractivity contribution in [2.75, 3.05) is 0 Å². The van der Waals surface area contributed by atoms with Crippen molar-refractivity contribution in [1.29, 1.82) is 0 Å². The second-order valence-corrected chi connectivity index (χ2v) is 4.21. The number of hydrogen-bond donors (Lipinski definition) is 1. The smallest absolute Gasteiger partial charge is 0.0964 e. The van der Waals surface area contributed by atoms with Gasteiger partial charge in [0.15, 0.2) is 0 Å². The molecule has 0 aromatic heterocycles. The third-order valence-electron chi connectivity index (χ3n) is 1.15. The Morgan fingerprint density at radius 3 is 2.17 bits per heavy atom. The Hall–Kier alpha value is -0.350. The van der Waals surface area contributed by atoms with Gasteiger partial charge in [-0.25, -0.2) is 4.99 Å². The fourth-order valence-electron chi connectivity index (χ4n) is 0.807. The number of nitrogens with two attached hydrogens (primary N) is 1. The molecule has 0 fully saturated rings. The molecule has 0 aliphatic carbocycles. The molecule has 0 unspecified atom stereocenters. The van der Waals surface area contributed by atoms with E-state index < -0.39 is 0 Å². The van der Waals surface area contributed by atoms with Gasteiger partial charge in [-0.15, -0.1) is 0 Å². The summed E-state index contributed by atoms with van der Waals surface area (Å²) in [5.74, 6) is 0.556. The molecule has 0 amide bonds. The quantitative estimate of drug-likeness (QED) is 0.626. The lowest BCUT2D eigenvalue weighted by Gasteiger charge is -1.97. The van der Waals surface area contributed by atoms with Crippen LogP contribution in [-0.4, -0.2) is 5.84 Å². The topological polar surface area (TPSA) is 38.4 Å². The van der Waals surface area contributed by atoms with E-state index in [2.05, 4.69) is 36.9 Å². The van der Waals surface area contributed by atoms with E-state index in [1.54, 1.807) is 6.92 Å². The molecule has 1 rings (SSSR count). The predicted octanol–water partition coefficient (Wildman–Crippen LogP) is 3.22. The summed E-state index contributed by atoms with van der Waals surface area (Å²) in [6.45, 7) is 1.76. The van der Waals surface area contributed by atoms with Gasteiger partial charge in [0.25, 0.3) is 0 Å². The Kier molecular flexibility index (Phi) is 3.29. The molecule has 0 spiro atoms. The highest BCUT2D eigenvalue weighted by Crippen LogP contribution is 2.24. The monoisotopic (exact) mass is 290 g/mol. The Balaban J connectivity index is 3.09. The van der Waals surface area contributed by atoms with Gasteiger partial charge >= 0.3 is 0 Å². The first-order chi connectivity index (χ1) is 5.58. The summed E-state index contributed by atoms with van der Waals surface area (Å²) in [6, 6.07) is 5.76.